The van der Waals surface area contributed by atoms with Crippen LogP contribution in [-0.4, -0.2) is 11.1 Å². The first-order valence-corrected chi connectivity index (χ1v) is 11.8. The molecule has 0 aliphatic heterocycles. The maximum absolute atomic E-state index is 11.5. The van der Waals surface area contributed by atoms with Gasteiger partial charge in [-0.25, -0.2) is 4.79 Å². The summed E-state index contributed by atoms with van der Waals surface area (Å²) in [6.07, 6.45) is 6.65. The number of benzene rings is 3. The number of rotatable bonds is 4. The number of allylic oxidation sites excluding steroid dienone is 3. The molecule has 4 rings (SSSR count). The van der Waals surface area contributed by atoms with Gasteiger partial charge in [0.2, 0.25) is 0 Å². The first kappa shape index (κ1) is 23.0. The Morgan fingerprint density at radius 2 is 1.45 bits per heavy atom. The molecule has 0 atom stereocenters. The van der Waals surface area contributed by atoms with Crippen molar-refractivity contribution in [2.24, 2.45) is 0 Å². The molecule has 0 heterocycles. The Morgan fingerprint density at radius 1 is 0.848 bits per heavy atom. The first-order chi connectivity index (χ1) is 15.5. The average Bonchev–Trinajstić information content (AvgIpc) is 2.79. The highest BCUT2D eigenvalue weighted by molar-refractivity contribution is 5.96. The number of hydrogen-bond donors (Lipinski definition) is 1. The van der Waals surface area contributed by atoms with E-state index in [1.165, 1.54) is 34.7 Å². The third kappa shape index (κ3) is 4.39. The minimum Gasteiger partial charge on any atom is -0.478 e. The molecule has 2 nitrogen and oxygen atoms in total. The number of hydrogen-bond acceptors (Lipinski definition) is 1. The smallest absolute Gasteiger partial charge is 0.335 e. The van der Waals surface area contributed by atoms with E-state index in [9.17, 15) is 9.90 Å². The van der Waals surface area contributed by atoms with Crippen LogP contribution < -0.4 is 0 Å². The summed E-state index contributed by atoms with van der Waals surface area (Å²) < 4.78 is 0. The van der Waals surface area contributed by atoms with Gasteiger partial charge in [-0.1, -0.05) is 70.2 Å². The van der Waals surface area contributed by atoms with Crippen molar-refractivity contribution in [3.8, 4) is 0 Å². The molecule has 0 aromatic heterocycles. The Balaban J connectivity index is 1.86. The van der Waals surface area contributed by atoms with Crippen LogP contribution in [0.1, 0.15) is 87.0 Å². The summed E-state index contributed by atoms with van der Waals surface area (Å²) >= 11 is 0. The van der Waals surface area contributed by atoms with E-state index in [2.05, 4.69) is 77.1 Å². The van der Waals surface area contributed by atoms with Gasteiger partial charge in [-0.15, -0.1) is 0 Å². The van der Waals surface area contributed by atoms with Crippen molar-refractivity contribution in [2.45, 2.75) is 65.2 Å². The molecule has 33 heavy (non-hydrogen) atoms. The molecule has 0 fully saturated rings. The maximum atomic E-state index is 11.5. The highest BCUT2D eigenvalue weighted by atomic mass is 16.4. The fourth-order valence-electron chi connectivity index (χ4n) is 4.99. The second-order valence-corrected chi connectivity index (χ2v) is 10.7. The lowest BCUT2D eigenvalue weighted by Crippen LogP contribution is -2.33. The first-order valence-electron chi connectivity index (χ1n) is 11.8. The summed E-state index contributed by atoms with van der Waals surface area (Å²) in [4.78, 5) is 11.5. The van der Waals surface area contributed by atoms with E-state index in [4.69, 9.17) is 0 Å². The SMILES string of the molecule is CC=C(C)/C(=C/c1ccc2cc3c(cc2c1)C(C)(C)CCC3(C)C)c1cccc(C(=O)O)c1. The van der Waals surface area contributed by atoms with Gasteiger partial charge >= 0.3 is 5.97 Å². The maximum Gasteiger partial charge on any atom is 0.335 e. The van der Waals surface area contributed by atoms with Crippen molar-refractivity contribution in [3.05, 3.63) is 94.1 Å². The number of carbonyl (C=O) groups is 1. The lowest BCUT2D eigenvalue weighted by atomic mass is 9.63. The van der Waals surface area contributed by atoms with E-state index in [1.54, 1.807) is 12.1 Å². The van der Waals surface area contributed by atoms with E-state index in [-0.39, 0.29) is 10.8 Å². The third-order valence-corrected chi connectivity index (χ3v) is 7.42. The monoisotopic (exact) mass is 438 g/mol. The topological polar surface area (TPSA) is 37.3 Å². The van der Waals surface area contributed by atoms with Crippen molar-refractivity contribution in [3.63, 3.8) is 0 Å². The molecule has 0 unspecified atom stereocenters. The average molecular weight is 439 g/mol. The molecule has 0 saturated heterocycles. The molecule has 3 aromatic rings. The zero-order chi connectivity index (χ0) is 24.0. The van der Waals surface area contributed by atoms with E-state index in [1.807, 2.05) is 19.1 Å². The Bertz CT molecular complexity index is 1300. The van der Waals surface area contributed by atoms with E-state index < -0.39 is 5.97 Å². The summed E-state index contributed by atoms with van der Waals surface area (Å²) in [5.41, 5.74) is 7.81. The minimum absolute atomic E-state index is 0.175. The highest BCUT2D eigenvalue weighted by Crippen LogP contribution is 2.47. The fraction of sp³-hybridized carbons (Fsp3) is 0.323. The van der Waals surface area contributed by atoms with Gasteiger partial charge in [0.15, 0.2) is 0 Å². The molecule has 2 heteroatoms. The van der Waals surface area contributed by atoms with Crippen LogP contribution >= 0.6 is 0 Å². The number of fused-ring (bicyclic) bond motifs is 2. The van der Waals surface area contributed by atoms with Crippen LogP contribution in [0.15, 0.2) is 66.2 Å². The van der Waals surface area contributed by atoms with Crippen LogP contribution in [0.2, 0.25) is 0 Å². The van der Waals surface area contributed by atoms with E-state index in [0.29, 0.717) is 5.56 Å². The highest BCUT2D eigenvalue weighted by Gasteiger charge is 2.37. The predicted octanol–water partition coefficient (Wildman–Crippen LogP) is 8.39. The molecule has 1 aliphatic rings. The standard InChI is InChI=1S/C31H34O2/c1-7-20(2)26(23-9-8-10-24(17-23)29(32)33)16-21-11-12-22-18-27-28(19-25(22)15-21)31(5,6)14-13-30(27,3)4/h7-12,15-19H,13-14H2,1-6H3,(H,32,33)/b20-7?,26-16-. The molecule has 0 saturated carbocycles. The normalized spacial score (nSPS) is 17.6. The summed E-state index contributed by atoms with van der Waals surface area (Å²) in [5.74, 6) is -0.907. The molecule has 3 aromatic carbocycles. The van der Waals surface area contributed by atoms with Gasteiger partial charge in [0.1, 0.15) is 0 Å². The van der Waals surface area contributed by atoms with Crippen LogP contribution in [-0.2, 0) is 10.8 Å². The van der Waals surface area contributed by atoms with Gasteiger partial charge < -0.3 is 5.11 Å². The van der Waals surface area contributed by atoms with Crippen LogP contribution in [0, 0.1) is 0 Å². The lowest BCUT2D eigenvalue weighted by molar-refractivity contribution is 0.0697. The van der Waals surface area contributed by atoms with Crippen LogP contribution in [0.25, 0.3) is 22.4 Å². The third-order valence-electron chi connectivity index (χ3n) is 7.42. The molecule has 0 spiro atoms. The zero-order valence-corrected chi connectivity index (χ0v) is 20.6. The van der Waals surface area contributed by atoms with Gasteiger partial charge in [-0.2, -0.15) is 0 Å². The molecule has 1 N–H and O–H groups in total. The van der Waals surface area contributed by atoms with Crippen LogP contribution in [0.5, 0.6) is 0 Å². The van der Waals surface area contributed by atoms with Crippen LogP contribution in [0.3, 0.4) is 0 Å². The zero-order valence-electron chi connectivity index (χ0n) is 20.6. The molecular weight excluding hydrogens is 404 g/mol. The van der Waals surface area contributed by atoms with Crippen molar-refractivity contribution >= 4 is 28.4 Å². The summed E-state index contributed by atoms with van der Waals surface area (Å²) in [6, 6.07) is 18.6. The second kappa shape index (κ2) is 8.33. The van der Waals surface area contributed by atoms with Gasteiger partial charge in [-0.3, -0.25) is 0 Å². The quantitative estimate of drug-likeness (QED) is 0.328. The van der Waals surface area contributed by atoms with E-state index in [0.717, 1.165) is 22.3 Å². The summed E-state index contributed by atoms with van der Waals surface area (Å²) in [6.45, 7) is 13.5. The molecule has 170 valence electrons. The molecule has 0 radical (unpaired) electrons. The lowest BCUT2D eigenvalue weighted by Gasteiger charge is -2.42. The van der Waals surface area contributed by atoms with Gasteiger partial charge in [0, 0.05) is 0 Å². The van der Waals surface area contributed by atoms with Gasteiger partial charge in [0.05, 0.1) is 5.56 Å². The Labute approximate surface area is 197 Å². The molecule has 1 aliphatic carbocycles. The Hall–Kier alpha value is -3.13. The number of carboxylic acid groups (broad SMARTS) is 1. The Kier molecular flexibility index (Phi) is 5.82. The second-order valence-electron chi connectivity index (χ2n) is 10.7. The fourth-order valence-corrected chi connectivity index (χ4v) is 4.99. The van der Waals surface area contributed by atoms with Crippen molar-refractivity contribution < 1.29 is 9.90 Å². The van der Waals surface area contributed by atoms with Gasteiger partial charge in [0.25, 0.3) is 0 Å². The van der Waals surface area contributed by atoms with Crippen molar-refractivity contribution in [1.29, 1.82) is 0 Å². The predicted molar refractivity (Wildman–Crippen MR) is 140 cm³/mol. The van der Waals surface area contributed by atoms with Crippen LogP contribution in [0.4, 0.5) is 0 Å². The minimum atomic E-state index is -0.907. The van der Waals surface area contributed by atoms with Crippen molar-refractivity contribution in [2.75, 3.05) is 0 Å². The Morgan fingerprint density at radius 3 is 2.06 bits per heavy atom. The van der Waals surface area contributed by atoms with Crippen molar-refractivity contribution in [1.82, 2.24) is 0 Å². The molecular formula is C31H34O2. The largest absolute Gasteiger partial charge is 0.478 e. The molecule has 0 amide bonds. The van der Waals surface area contributed by atoms with Gasteiger partial charge in [-0.05, 0) is 106 Å². The number of aromatic carboxylic acids is 1. The summed E-state index contributed by atoms with van der Waals surface area (Å²) in [7, 11) is 0. The molecule has 0 bridgehead atoms. The summed E-state index contributed by atoms with van der Waals surface area (Å²) in [5, 5.41) is 12.0. The van der Waals surface area contributed by atoms with E-state index >= 15 is 0 Å². The number of carboxylic acids is 1.